The number of imidazole rings is 1. The fourth-order valence-corrected chi connectivity index (χ4v) is 10.4. The van der Waals surface area contributed by atoms with Crippen LogP contribution in [0, 0.1) is 11.8 Å². The Morgan fingerprint density at radius 3 is 2.43 bits per heavy atom. The Morgan fingerprint density at radius 1 is 0.928 bits per heavy atom. The maximum Gasteiger partial charge on any atom is 0.490 e. The number of phenolic OH excluding ortho intramolecular Hbond substituents is 1. The fraction of sp³-hybridized carbons (Fsp3) is 0.190. The lowest BCUT2D eigenvalue weighted by Gasteiger charge is -2.19. The molecule has 3 aromatic carbocycles. The van der Waals surface area contributed by atoms with Gasteiger partial charge in [0.2, 0.25) is 0 Å². The normalized spacial score (nSPS) is 18.3. The largest absolute Gasteiger partial charge is 0.508 e. The van der Waals surface area contributed by atoms with Gasteiger partial charge in [0.05, 0.1) is 37.2 Å². The number of aliphatic hydroxyl groups is 1. The van der Waals surface area contributed by atoms with Gasteiger partial charge in [-0.1, -0.05) is 24.0 Å². The third-order valence-electron chi connectivity index (χ3n) is 10.5. The molecular formula is C42H37N6O18P3. The number of carboxylic acids is 1. The van der Waals surface area contributed by atoms with Crippen LogP contribution in [0.4, 0.5) is 5.82 Å². The summed E-state index contributed by atoms with van der Waals surface area (Å²) in [6, 6.07) is 19.5. The summed E-state index contributed by atoms with van der Waals surface area (Å²) in [5.41, 5.74) is 2.99. The maximum atomic E-state index is 13.4. The molecule has 1 amide bonds. The molecule has 2 aliphatic heterocycles. The summed E-state index contributed by atoms with van der Waals surface area (Å²) < 4.78 is 59.9. The van der Waals surface area contributed by atoms with Crippen LogP contribution in [0.5, 0.6) is 5.75 Å². The molecule has 358 valence electrons. The standard InChI is InChI=1S/C42H37N6O18P3/c1-22(47-39-38-40(45-20-44-39)48(21-46-38)36-18-32(51)35(64-36)19-62-68(58,59)66-69(60,61)65-67(55,56)57)24-6-4-23(5-7-24)3-2-14-43-41(52)25-8-11-28(42(53)54)31(15-25)37-29-12-9-26(49)16-33(29)63-34-17-27(50)10-13-30(34)37/h4-13,15-17,20-22,32,35-36,49,51H,14,18-19H2,1H3,(H,43,52)(H,53,54)(H,58,59)(H,60,61)(H,44,45,47)(H2,55,56,57)/t22?,32?,35-,36-/m1/s1. The number of nitrogens with zero attached hydrogens (tertiary/aromatic N) is 4. The van der Waals surface area contributed by atoms with Gasteiger partial charge >= 0.3 is 29.4 Å². The van der Waals surface area contributed by atoms with Crippen LogP contribution in [0.25, 0.3) is 44.6 Å². The minimum Gasteiger partial charge on any atom is -0.508 e. The number of anilines is 1. The molecule has 9 N–H and O–H groups in total. The van der Waals surface area contributed by atoms with E-state index in [-0.39, 0.29) is 63.9 Å². The van der Waals surface area contributed by atoms with E-state index in [0.29, 0.717) is 33.4 Å². The van der Waals surface area contributed by atoms with E-state index in [1.165, 1.54) is 65.8 Å². The average Bonchev–Trinajstić information content (AvgIpc) is 3.88. The number of hydrogen-bond donors (Lipinski definition) is 9. The van der Waals surface area contributed by atoms with E-state index in [2.05, 4.69) is 50.6 Å². The topological polar surface area (TPSA) is 362 Å². The number of fused-ring (bicyclic) bond motifs is 3. The number of hydrogen-bond acceptors (Lipinski definition) is 17. The van der Waals surface area contributed by atoms with Gasteiger partial charge in [-0.25, -0.2) is 33.4 Å². The molecule has 4 unspecified atom stereocenters. The van der Waals surface area contributed by atoms with Crippen LogP contribution < -0.4 is 16.1 Å². The zero-order valence-corrected chi connectivity index (χ0v) is 38.0. The number of aromatic carboxylic acids is 1. The van der Waals surface area contributed by atoms with Crippen molar-refractivity contribution in [1.82, 2.24) is 24.8 Å². The van der Waals surface area contributed by atoms with Crippen LogP contribution in [0.1, 0.15) is 57.5 Å². The smallest absolute Gasteiger partial charge is 0.490 e. The monoisotopic (exact) mass is 1010 g/mol. The molecule has 0 spiro atoms. The SMILES string of the molecule is CC(Nc1ncnc2c1ncn2[C@H]1CC(O)[C@@H](COP(=O)(O)OP(=O)(O)OP(=O)(O)O)O1)c1ccc(C#CCNC(=O)c2ccc(C(=O)O)c(-c3c4ccc(=O)cc-4oc4cc(O)ccc34)c2)cc1. The van der Waals surface area contributed by atoms with Gasteiger partial charge in [-0.05, 0) is 72.6 Å². The molecule has 1 aliphatic carbocycles. The van der Waals surface area contributed by atoms with Crippen molar-refractivity contribution < 1.29 is 80.5 Å². The van der Waals surface area contributed by atoms with Gasteiger partial charge in [0.15, 0.2) is 22.4 Å². The van der Waals surface area contributed by atoms with Crippen molar-refractivity contribution in [2.75, 3.05) is 18.5 Å². The van der Waals surface area contributed by atoms with E-state index in [4.69, 9.17) is 18.9 Å². The van der Waals surface area contributed by atoms with Crippen LogP contribution in [-0.2, 0) is 31.6 Å². The summed E-state index contributed by atoms with van der Waals surface area (Å²) in [5.74, 6) is 4.53. The molecule has 4 heterocycles. The van der Waals surface area contributed by atoms with Gasteiger partial charge in [0.1, 0.15) is 35.8 Å². The Balaban J connectivity index is 0.893. The molecule has 1 saturated heterocycles. The highest BCUT2D eigenvalue weighted by Crippen LogP contribution is 2.66. The Kier molecular flexibility index (Phi) is 13.7. The Labute approximate surface area is 388 Å². The fourth-order valence-electron chi connectivity index (χ4n) is 7.42. The predicted molar refractivity (Wildman–Crippen MR) is 241 cm³/mol. The molecule has 3 aliphatic rings. The average molecular weight is 1010 g/mol. The first kappa shape index (κ1) is 48.8. The Bertz CT molecular complexity index is 3390. The summed E-state index contributed by atoms with van der Waals surface area (Å²) in [4.78, 5) is 87.6. The third-order valence-corrected chi connectivity index (χ3v) is 14.3. The van der Waals surface area contributed by atoms with E-state index in [0.717, 1.165) is 5.56 Å². The number of phenols is 1. The van der Waals surface area contributed by atoms with E-state index in [9.17, 15) is 53.2 Å². The van der Waals surface area contributed by atoms with E-state index in [1.54, 1.807) is 18.2 Å². The lowest BCUT2D eigenvalue weighted by Crippen LogP contribution is -2.26. The minimum atomic E-state index is -5.74. The maximum absolute atomic E-state index is 13.4. The number of rotatable bonds is 15. The number of aromatic nitrogens is 4. The first-order valence-corrected chi connectivity index (χ1v) is 24.7. The number of aliphatic hydroxyl groups excluding tert-OH is 1. The summed E-state index contributed by atoms with van der Waals surface area (Å²) in [6.07, 6.45) is -0.918. The van der Waals surface area contributed by atoms with Crippen LogP contribution in [0.3, 0.4) is 0 Å². The Hall–Kier alpha value is -6.67. The zero-order valence-electron chi connectivity index (χ0n) is 35.3. The summed E-state index contributed by atoms with van der Waals surface area (Å²) in [7, 11) is -16.8. The van der Waals surface area contributed by atoms with Gasteiger partial charge in [-0.15, -0.1) is 0 Å². The number of benzene rings is 4. The summed E-state index contributed by atoms with van der Waals surface area (Å²) >= 11 is 0. The molecule has 24 nitrogen and oxygen atoms in total. The van der Waals surface area contributed by atoms with Gasteiger partial charge < -0.3 is 54.7 Å². The number of carboxylic acid groups (broad SMARTS) is 1. The van der Waals surface area contributed by atoms with Gasteiger partial charge in [-0.2, -0.15) is 8.62 Å². The highest BCUT2D eigenvalue weighted by Gasteiger charge is 2.43. The van der Waals surface area contributed by atoms with Crippen molar-refractivity contribution in [3.05, 3.63) is 124 Å². The molecule has 27 heteroatoms. The second-order valence-corrected chi connectivity index (χ2v) is 19.6. The van der Waals surface area contributed by atoms with Crippen molar-refractivity contribution in [3.63, 3.8) is 0 Å². The molecule has 6 atom stereocenters. The molecule has 5 aromatic rings. The summed E-state index contributed by atoms with van der Waals surface area (Å²) in [5, 5.41) is 37.3. The second kappa shape index (κ2) is 19.4. The van der Waals surface area contributed by atoms with E-state index in [1.807, 2.05) is 19.1 Å². The second-order valence-electron chi connectivity index (χ2n) is 15.2. The van der Waals surface area contributed by atoms with Crippen molar-refractivity contribution in [2.45, 2.75) is 37.8 Å². The molecule has 0 bridgehead atoms. The molecule has 1 fully saturated rings. The van der Waals surface area contributed by atoms with Gasteiger partial charge in [0.25, 0.3) is 5.91 Å². The molecule has 8 rings (SSSR count). The molecule has 0 saturated carbocycles. The van der Waals surface area contributed by atoms with Crippen LogP contribution in [0.15, 0.2) is 101 Å². The first-order valence-electron chi connectivity index (χ1n) is 20.1. The lowest BCUT2D eigenvalue weighted by molar-refractivity contribution is -0.0423. The zero-order chi connectivity index (χ0) is 49.4. The predicted octanol–water partition coefficient (Wildman–Crippen LogP) is 5.05. The minimum absolute atomic E-state index is 0.0555. The van der Waals surface area contributed by atoms with Gasteiger partial charge in [0, 0.05) is 46.2 Å². The number of carbonyl (C=O) groups is 2. The summed E-state index contributed by atoms with van der Waals surface area (Å²) in [6.45, 7) is 0.965. The highest BCUT2D eigenvalue weighted by atomic mass is 31.3. The highest BCUT2D eigenvalue weighted by molar-refractivity contribution is 7.66. The van der Waals surface area contributed by atoms with Crippen LogP contribution in [-0.4, -0.2) is 91.6 Å². The van der Waals surface area contributed by atoms with Crippen LogP contribution >= 0.6 is 23.5 Å². The van der Waals surface area contributed by atoms with Crippen molar-refractivity contribution in [2.24, 2.45) is 0 Å². The Morgan fingerprint density at radius 2 is 1.70 bits per heavy atom. The van der Waals surface area contributed by atoms with Crippen molar-refractivity contribution >= 4 is 63.3 Å². The van der Waals surface area contributed by atoms with Crippen LogP contribution in [0.2, 0.25) is 0 Å². The number of ether oxygens (including phenoxy) is 1. The molecule has 69 heavy (non-hydrogen) atoms. The molecule has 0 radical (unpaired) electrons. The quantitative estimate of drug-likeness (QED) is 0.0368. The van der Waals surface area contributed by atoms with Gasteiger partial charge in [-0.3, -0.25) is 18.7 Å². The molecule has 2 aromatic heterocycles. The first-order chi connectivity index (χ1) is 32.6. The third kappa shape index (κ3) is 11.3. The van der Waals surface area contributed by atoms with Crippen molar-refractivity contribution in [1.29, 1.82) is 0 Å². The van der Waals surface area contributed by atoms with E-state index < -0.39 is 60.4 Å². The molecular weight excluding hydrogens is 969 g/mol. The number of aromatic hydroxyl groups is 1. The lowest BCUT2D eigenvalue weighted by atomic mass is 9.89. The number of amides is 1. The number of phosphoric ester groups is 1. The number of phosphoric acid groups is 3. The number of nitrogens with one attached hydrogen (secondary N) is 2. The van der Waals surface area contributed by atoms with E-state index >= 15 is 0 Å². The van der Waals surface area contributed by atoms with Crippen molar-refractivity contribution in [3.8, 4) is 40.0 Å². The number of carbonyl (C=O) groups excluding carboxylic acids is 1.